The zero-order valence-corrected chi connectivity index (χ0v) is 17.8. The van der Waals surface area contributed by atoms with E-state index in [1.807, 2.05) is 18.2 Å². The predicted octanol–water partition coefficient (Wildman–Crippen LogP) is 3.82. The molecule has 1 heterocycles. The topological polar surface area (TPSA) is 70.7 Å². The van der Waals surface area contributed by atoms with E-state index in [4.69, 9.17) is 4.74 Å². The number of rotatable bonds is 7. The maximum atomic E-state index is 12.9. The smallest absolute Gasteiger partial charge is 0.253 e. The first-order valence-electron chi connectivity index (χ1n) is 11.1. The molecule has 2 aliphatic rings. The van der Waals surface area contributed by atoms with E-state index < -0.39 is 0 Å². The van der Waals surface area contributed by atoms with E-state index >= 15 is 0 Å². The number of amides is 2. The van der Waals surface area contributed by atoms with Gasteiger partial charge >= 0.3 is 0 Å². The summed E-state index contributed by atoms with van der Waals surface area (Å²) < 4.78 is 5.05. The summed E-state index contributed by atoms with van der Waals surface area (Å²) in [4.78, 5) is 27.8. The van der Waals surface area contributed by atoms with Crippen molar-refractivity contribution in [1.82, 2.24) is 5.32 Å². The minimum absolute atomic E-state index is 0.0787. The quantitative estimate of drug-likeness (QED) is 0.682. The first-order valence-corrected chi connectivity index (χ1v) is 11.1. The minimum atomic E-state index is -0.121. The summed E-state index contributed by atoms with van der Waals surface area (Å²) in [6.07, 6.45) is 7.64. The van der Waals surface area contributed by atoms with Crippen molar-refractivity contribution in [2.45, 2.75) is 51.9 Å². The number of carbonyl (C=O) groups excluding carboxylic acids is 2. The summed E-state index contributed by atoms with van der Waals surface area (Å²) in [6.45, 7) is 5.12. The Morgan fingerprint density at radius 2 is 1.83 bits per heavy atom. The van der Waals surface area contributed by atoms with Crippen molar-refractivity contribution in [3.63, 3.8) is 0 Å². The number of methoxy groups -OCH3 is 1. The van der Waals surface area contributed by atoms with Gasteiger partial charge in [0.2, 0.25) is 5.91 Å². The largest absolute Gasteiger partial charge is 0.383 e. The number of anilines is 2. The van der Waals surface area contributed by atoms with E-state index in [1.54, 1.807) is 7.11 Å². The zero-order chi connectivity index (χ0) is 20.6. The summed E-state index contributed by atoms with van der Waals surface area (Å²) in [5.41, 5.74) is 2.27. The van der Waals surface area contributed by atoms with Crippen molar-refractivity contribution in [3.05, 3.63) is 23.8 Å². The fraction of sp³-hybridized carbons (Fsp3) is 0.652. The standard InChI is InChI=1S/C23H35N3O3/c1-17-10-13-26(14-11-17)21-9-8-19(16-20(21)23(28)24-12-15-29-2)25-22(27)18-6-4-3-5-7-18/h8-9,16-18H,3-7,10-15H2,1-2H3,(H,24,28)(H,25,27). The van der Waals surface area contributed by atoms with E-state index in [9.17, 15) is 9.59 Å². The van der Waals surface area contributed by atoms with Gasteiger partial charge in [0.15, 0.2) is 0 Å². The third kappa shape index (κ3) is 5.95. The monoisotopic (exact) mass is 401 g/mol. The van der Waals surface area contributed by atoms with Gasteiger partial charge in [-0.15, -0.1) is 0 Å². The molecule has 1 aromatic carbocycles. The van der Waals surface area contributed by atoms with Crippen LogP contribution in [0.4, 0.5) is 11.4 Å². The molecule has 0 radical (unpaired) electrons. The maximum Gasteiger partial charge on any atom is 0.253 e. The lowest BCUT2D eigenvalue weighted by molar-refractivity contribution is -0.120. The summed E-state index contributed by atoms with van der Waals surface area (Å²) in [5.74, 6) is 0.768. The van der Waals surface area contributed by atoms with Crippen molar-refractivity contribution in [2.75, 3.05) is 43.6 Å². The molecule has 0 bridgehead atoms. The fourth-order valence-corrected chi connectivity index (χ4v) is 4.29. The number of piperidine rings is 1. The van der Waals surface area contributed by atoms with Gasteiger partial charge in [0.25, 0.3) is 5.91 Å². The Hall–Kier alpha value is -2.08. The molecule has 1 saturated carbocycles. The highest BCUT2D eigenvalue weighted by Crippen LogP contribution is 2.30. The molecule has 3 rings (SSSR count). The van der Waals surface area contributed by atoms with Gasteiger partial charge < -0.3 is 20.3 Å². The average Bonchev–Trinajstić information content (AvgIpc) is 2.75. The van der Waals surface area contributed by atoms with Crippen LogP contribution >= 0.6 is 0 Å². The third-order valence-corrected chi connectivity index (χ3v) is 6.20. The lowest BCUT2D eigenvalue weighted by Crippen LogP contribution is -2.35. The molecule has 0 unspecified atom stereocenters. The molecular weight excluding hydrogens is 366 g/mol. The Morgan fingerprint density at radius 3 is 2.52 bits per heavy atom. The maximum absolute atomic E-state index is 12.9. The third-order valence-electron chi connectivity index (χ3n) is 6.20. The van der Waals surface area contributed by atoms with Crippen LogP contribution in [0, 0.1) is 11.8 Å². The molecule has 1 aromatic rings. The van der Waals surface area contributed by atoms with Gasteiger partial charge in [-0.3, -0.25) is 9.59 Å². The van der Waals surface area contributed by atoms with Crippen LogP contribution in [0.15, 0.2) is 18.2 Å². The Morgan fingerprint density at radius 1 is 1.10 bits per heavy atom. The highest BCUT2D eigenvalue weighted by atomic mass is 16.5. The van der Waals surface area contributed by atoms with Crippen LogP contribution in [0.3, 0.4) is 0 Å². The SMILES string of the molecule is COCCNC(=O)c1cc(NC(=O)C2CCCCC2)ccc1N1CCC(C)CC1. The lowest BCUT2D eigenvalue weighted by Gasteiger charge is -2.33. The van der Waals surface area contributed by atoms with Gasteiger partial charge in [-0.2, -0.15) is 0 Å². The number of ether oxygens (including phenoxy) is 1. The molecule has 1 saturated heterocycles. The molecule has 0 spiro atoms. The van der Waals surface area contributed by atoms with Gasteiger partial charge in [0.1, 0.15) is 0 Å². The molecule has 0 aromatic heterocycles. The second kappa shape index (κ2) is 10.6. The van der Waals surface area contributed by atoms with E-state index in [0.29, 0.717) is 24.4 Å². The van der Waals surface area contributed by atoms with Crippen LogP contribution in [-0.4, -0.2) is 45.2 Å². The fourth-order valence-electron chi connectivity index (χ4n) is 4.29. The van der Waals surface area contributed by atoms with Crippen LogP contribution in [-0.2, 0) is 9.53 Å². The highest BCUT2D eigenvalue weighted by Gasteiger charge is 2.24. The number of nitrogens with zero attached hydrogens (tertiary/aromatic N) is 1. The van der Waals surface area contributed by atoms with Crippen molar-refractivity contribution in [3.8, 4) is 0 Å². The van der Waals surface area contributed by atoms with Crippen LogP contribution in [0.2, 0.25) is 0 Å². The second-order valence-electron chi connectivity index (χ2n) is 8.47. The average molecular weight is 402 g/mol. The van der Waals surface area contributed by atoms with Gasteiger partial charge in [-0.1, -0.05) is 26.2 Å². The van der Waals surface area contributed by atoms with Gasteiger partial charge in [0, 0.05) is 44.0 Å². The molecular formula is C23H35N3O3. The molecule has 1 aliphatic heterocycles. The van der Waals surface area contributed by atoms with Crippen LogP contribution in [0.25, 0.3) is 0 Å². The Kier molecular flexibility index (Phi) is 7.92. The first-order chi connectivity index (χ1) is 14.1. The summed E-state index contributed by atoms with van der Waals surface area (Å²) in [6, 6.07) is 5.74. The zero-order valence-electron chi connectivity index (χ0n) is 17.8. The summed E-state index contributed by atoms with van der Waals surface area (Å²) in [7, 11) is 1.62. The summed E-state index contributed by atoms with van der Waals surface area (Å²) in [5, 5.41) is 5.98. The number of hydrogen-bond acceptors (Lipinski definition) is 4. The molecule has 160 valence electrons. The number of carbonyl (C=O) groups is 2. The van der Waals surface area contributed by atoms with Crippen LogP contribution < -0.4 is 15.5 Å². The molecule has 1 aliphatic carbocycles. The number of nitrogens with one attached hydrogen (secondary N) is 2. The van der Waals surface area contributed by atoms with Crippen molar-refractivity contribution in [1.29, 1.82) is 0 Å². The number of benzene rings is 1. The molecule has 2 amide bonds. The van der Waals surface area contributed by atoms with E-state index in [2.05, 4.69) is 22.5 Å². The van der Waals surface area contributed by atoms with Gasteiger partial charge in [0.05, 0.1) is 12.2 Å². The molecule has 2 fully saturated rings. The first kappa shape index (κ1) is 21.6. The Bertz CT molecular complexity index is 693. The second-order valence-corrected chi connectivity index (χ2v) is 8.47. The molecule has 0 atom stereocenters. The normalized spacial score (nSPS) is 18.5. The Balaban J connectivity index is 1.76. The molecule has 6 nitrogen and oxygen atoms in total. The molecule has 2 N–H and O–H groups in total. The molecule has 29 heavy (non-hydrogen) atoms. The van der Waals surface area contributed by atoms with E-state index in [0.717, 1.165) is 63.2 Å². The number of hydrogen-bond donors (Lipinski definition) is 2. The van der Waals surface area contributed by atoms with Crippen molar-refractivity contribution < 1.29 is 14.3 Å². The van der Waals surface area contributed by atoms with Gasteiger partial charge in [-0.25, -0.2) is 0 Å². The van der Waals surface area contributed by atoms with E-state index in [1.165, 1.54) is 6.42 Å². The van der Waals surface area contributed by atoms with Crippen molar-refractivity contribution >= 4 is 23.2 Å². The predicted molar refractivity (Wildman–Crippen MR) is 116 cm³/mol. The van der Waals surface area contributed by atoms with Crippen LogP contribution in [0.5, 0.6) is 0 Å². The molecule has 6 heteroatoms. The Labute approximate surface area is 174 Å². The lowest BCUT2D eigenvalue weighted by atomic mass is 9.88. The minimum Gasteiger partial charge on any atom is -0.383 e. The summed E-state index contributed by atoms with van der Waals surface area (Å²) >= 11 is 0. The van der Waals surface area contributed by atoms with Crippen LogP contribution in [0.1, 0.15) is 62.2 Å². The van der Waals surface area contributed by atoms with Crippen molar-refractivity contribution in [2.24, 2.45) is 11.8 Å². The highest BCUT2D eigenvalue weighted by molar-refractivity contribution is 6.02. The van der Waals surface area contributed by atoms with Gasteiger partial charge in [-0.05, 0) is 49.8 Å². The van der Waals surface area contributed by atoms with E-state index in [-0.39, 0.29) is 17.7 Å².